The summed E-state index contributed by atoms with van der Waals surface area (Å²) in [4.78, 5) is 31.6. The summed E-state index contributed by atoms with van der Waals surface area (Å²) in [5, 5.41) is 0.592. The molecule has 0 spiro atoms. The lowest BCUT2D eigenvalue weighted by Gasteiger charge is -2.21. The van der Waals surface area contributed by atoms with Crippen LogP contribution >= 0.6 is 0 Å². The van der Waals surface area contributed by atoms with E-state index in [9.17, 15) is 9.59 Å². The highest BCUT2D eigenvalue weighted by Gasteiger charge is 2.32. The van der Waals surface area contributed by atoms with E-state index in [1.807, 2.05) is 36.1 Å². The third-order valence-electron chi connectivity index (χ3n) is 4.84. The summed E-state index contributed by atoms with van der Waals surface area (Å²) in [6.45, 7) is 2.75. The minimum atomic E-state index is -0.101. The first-order valence-electron chi connectivity index (χ1n) is 8.90. The number of fused-ring (bicyclic) bond motifs is 1. The molecule has 0 bridgehead atoms. The van der Waals surface area contributed by atoms with Crippen molar-refractivity contribution in [3.05, 3.63) is 64.6 Å². The second-order valence-corrected chi connectivity index (χ2v) is 6.80. The number of rotatable bonds is 6. The van der Waals surface area contributed by atoms with E-state index in [4.69, 9.17) is 4.42 Å². The molecule has 1 saturated carbocycles. The van der Waals surface area contributed by atoms with Gasteiger partial charge in [0.2, 0.25) is 5.91 Å². The predicted octanol–water partition coefficient (Wildman–Crippen LogP) is 2.88. The highest BCUT2D eigenvalue weighted by molar-refractivity contribution is 5.80. The molecule has 6 nitrogen and oxygen atoms in total. The normalized spacial score (nSPS) is 13.9. The average Bonchev–Trinajstić information content (AvgIpc) is 3.35. The largest absolute Gasteiger partial charge is 0.467 e. The van der Waals surface area contributed by atoms with Gasteiger partial charge in [-0.05, 0) is 43.5 Å². The van der Waals surface area contributed by atoms with E-state index in [0.717, 1.165) is 29.7 Å². The van der Waals surface area contributed by atoms with E-state index in [2.05, 4.69) is 4.98 Å². The topological polar surface area (TPSA) is 68.3 Å². The van der Waals surface area contributed by atoms with Gasteiger partial charge in [0.25, 0.3) is 5.56 Å². The molecule has 0 N–H and O–H groups in total. The lowest BCUT2D eigenvalue weighted by atomic mass is 10.1. The summed E-state index contributed by atoms with van der Waals surface area (Å²) < 4.78 is 6.90. The molecular formula is C20H21N3O3. The molecule has 0 saturated heterocycles. The monoisotopic (exact) mass is 351 g/mol. The predicted molar refractivity (Wildman–Crippen MR) is 97.6 cm³/mol. The van der Waals surface area contributed by atoms with E-state index >= 15 is 0 Å². The Labute approximate surface area is 151 Å². The molecule has 2 heterocycles. The molecular weight excluding hydrogens is 330 g/mol. The Bertz CT molecular complexity index is 987. The summed E-state index contributed by atoms with van der Waals surface area (Å²) in [6, 6.07) is 9.57. The van der Waals surface area contributed by atoms with Crippen molar-refractivity contribution in [3.63, 3.8) is 0 Å². The SMILES string of the molecule is Cc1cccc2c(=O)n(CCC(=O)N(Cc3ccco3)C3CC3)cnc12. The number of nitrogens with zero attached hydrogens (tertiary/aromatic N) is 3. The van der Waals surface area contributed by atoms with Crippen LogP contribution in [-0.2, 0) is 17.9 Å². The fraction of sp³-hybridized carbons (Fsp3) is 0.350. The summed E-state index contributed by atoms with van der Waals surface area (Å²) in [5.41, 5.74) is 1.59. The van der Waals surface area contributed by atoms with Gasteiger partial charge in [-0.1, -0.05) is 12.1 Å². The van der Waals surface area contributed by atoms with Crippen LogP contribution in [0.25, 0.3) is 10.9 Å². The van der Waals surface area contributed by atoms with Crippen molar-refractivity contribution in [3.8, 4) is 0 Å². The van der Waals surface area contributed by atoms with Crippen LogP contribution in [0.5, 0.6) is 0 Å². The lowest BCUT2D eigenvalue weighted by molar-refractivity contribution is -0.132. The molecule has 3 aromatic rings. The molecule has 1 amide bonds. The fourth-order valence-corrected chi connectivity index (χ4v) is 3.23. The molecule has 0 atom stereocenters. The third kappa shape index (κ3) is 3.27. The summed E-state index contributed by atoms with van der Waals surface area (Å²) in [7, 11) is 0. The van der Waals surface area contributed by atoms with E-state index in [1.165, 1.54) is 4.57 Å². The van der Waals surface area contributed by atoms with Gasteiger partial charge in [-0.25, -0.2) is 4.98 Å². The fourth-order valence-electron chi connectivity index (χ4n) is 3.23. The minimum Gasteiger partial charge on any atom is -0.467 e. The number of carbonyl (C=O) groups excluding carboxylic acids is 1. The Morgan fingerprint density at radius 1 is 1.31 bits per heavy atom. The number of para-hydroxylation sites is 1. The van der Waals surface area contributed by atoms with Crippen LogP contribution in [0, 0.1) is 6.92 Å². The average molecular weight is 351 g/mol. The number of aryl methyl sites for hydroxylation is 2. The number of furan rings is 1. The Morgan fingerprint density at radius 3 is 2.88 bits per heavy atom. The Hall–Kier alpha value is -2.89. The summed E-state index contributed by atoms with van der Waals surface area (Å²) >= 11 is 0. The zero-order chi connectivity index (χ0) is 18.1. The van der Waals surface area contributed by atoms with Gasteiger partial charge in [-0.15, -0.1) is 0 Å². The molecule has 2 aromatic heterocycles. The molecule has 26 heavy (non-hydrogen) atoms. The molecule has 1 fully saturated rings. The number of carbonyl (C=O) groups is 1. The first kappa shape index (κ1) is 16.6. The van der Waals surface area contributed by atoms with E-state index < -0.39 is 0 Å². The Balaban J connectivity index is 1.49. The first-order chi connectivity index (χ1) is 12.6. The van der Waals surface area contributed by atoms with Crippen molar-refractivity contribution in [2.75, 3.05) is 0 Å². The van der Waals surface area contributed by atoms with Crippen LogP contribution in [0.15, 0.2) is 52.1 Å². The number of aromatic nitrogens is 2. The summed E-state index contributed by atoms with van der Waals surface area (Å²) in [5.74, 6) is 0.824. The zero-order valence-electron chi connectivity index (χ0n) is 14.7. The quantitative estimate of drug-likeness (QED) is 0.685. The van der Waals surface area contributed by atoms with Gasteiger partial charge in [0.1, 0.15) is 5.76 Å². The maximum atomic E-state index is 12.7. The standard InChI is InChI=1S/C20H21N3O3/c1-14-4-2-6-17-19(14)21-13-22(20(17)25)10-9-18(24)23(15-7-8-15)12-16-5-3-11-26-16/h2-6,11,13,15H,7-10,12H2,1H3. The number of benzene rings is 1. The smallest absolute Gasteiger partial charge is 0.261 e. The Morgan fingerprint density at radius 2 is 2.15 bits per heavy atom. The highest BCUT2D eigenvalue weighted by Crippen LogP contribution is 2.29. The van der Waals surface area contributed by atoms with Crippen LogP contribution in [0.2, 0.25) is 0 Å². The Kier molecular flexibility index (Phi) is 4.32. The molecule has 0 aliphatic heterocycles. The number of amides is 1. The molecule has 0 unspecified atom stereocenters. The molecule has 0 radical (unpaired) electrons. The van der Waals surface area contributed by atoms with Crippen LogP contribution in [0.1, 0.15) is 30.6 Å². The van der Waals surface area contributed by atoms with Crippen LogP contribution < -0.4 is 5.56 Å². The lowest BCUT2D eigenvalue weighted by Crippen LogP contribution is -2.34. The molecule has 1 aliphatic carbocycles. The van der Waals surface area contributed by atoms with Crippen molar-refractivity contribution in [1.82, 2.24) is 14.5 Å². The first-order valence-corrected chi connectivity index (χ1v) is 8.90. The van der Waals surface area contributed by atoms with Crippen LogP contribution in [-0.4, -0.2) is 26.4 Å². The van der Waals surface area contributed by atoms with E-state index in [0.29, 0.717) is 24.5 Å². The minimum absolute atomic E-state index is 0.0418. The van der Waals surface area contributed by atoms with Crippen molar-refractivity contribution >= 4 is 16.8 Å². The maximum absolute atomic E-state index is 12.7. The molecule has 134 valence electrons. The second-order valence-electron chi connectivity index (χ2n) is 6.80. The zero-order valence-corrected chi connectivity index (χ0v) is 14.7. The number of hydrogen-bond acceptors (Lipinski definition) is 4. The van der Waals surface area contributed by atoms with Crippen LogP contribution in [0.4, 0.5) is 0 Å². The number of hydrogen-bond donors (Lipinski definition) is 0. The van der Waals surface area contributed by atoms with Gasteiger partial charge in [-0.2, -0.15) is 0 Å². The van der Waals surface area contributed by atoms with Crippen molar-refractivity contribution in [2.45, 2.75) is 45.3 Å². The summed E-state index contributed by atoms with van der Waals surface area (Å²) in [6.07, 6.45) is 5.49. The second kappa shape index (κ2) is 6.78. The molecule has 1 aromatic carbocycles. The van der Waals surface area contributed by atoms with E-state index in [1.54, 1.807) is 18.7 Å². The van der Waals surface area contributed by atoms with Gasteiger partial charge in [0.15, 0.2) is 0 Å². The van der Waals surface area contributed by atoms with Crippen molar-refractivity contribution in [1.29, 1.82) is 0 Å². The van der Waals surface area contributed by atoms with Gasteiger partial charge >= 0.3 is 0 Å². The highest BCUT2D eigenvalue weighted by atomic mass is 16.3. The van der Waals surface area contributed by atoms with Crippen LogP contribution in [0.3, 0.4) is 0 Å². The van der Waals surface area contributed by atoms with Gasteiger partial charge in [0, 0.05) is 19.0 Å². The molecule has 1 aliphatic rings. The van der Waals surface area contributed by atoms with Crippen molar-refractivity contribution < 1.29 is 9.21 Å². The maximum Gasteiger partial charge on any atom is 0.261 e. The molecule has 6 heteroatoms. The molecule has 4 rings (SSSR count). The van der Waals surface area contributed by atoms with E-state index in [-0.39, 0.29) is 17.9 Å². The van der Waals surface area contributed by atoms with Crippen molar-refractivity contribution in [2.24, 2.45) is 0 Å². The van der Waals surface area contributed by atoms with Gasteiger partial charge in [-0.3, -0.25) is 14.2 Å². The van der Waals surface area contributed by atoms with Gasteiger partial charge < -0.3 is 9.32 Å². The van der Waals surface area contributed by atoms with Gasteiger partial charge in [0.05, 0.1) is 30.0 Å². The third-order valence-corrected chi connectivity index (χ3v) is 4.84.